The second-order valence-electron chi connectivity index (χ2n) is 11.1. The molecule has 0 amide bonds. The van der Waals surface area contributed by atoms with Crippen LogP contribution in [0.4, 0.5) is 8.78 Å². The summed E-state index contributed by atoms with van der Waals surface area (Å²) in [6.07, 6.45) is 17.2. The van der Waals surface area contributed by atoms with Crippen molar-refractivity contribution in [1.29, 1.82) is 0 Å². The molecule has 2 aliphatic heterocycles. The number of nitrogens with zero attached hydrogens (tertiary/aromatic N) is 3. The molecule has 212 valence electrons. The molecule has 0 unspecified atom stereocenters. The Kier molecular flexibility index (Phi) is 11.0. The Morgan fingerprint density at radius 2 is 1.82 bits per heavy atom. The number of aliphatic carboxylic acids is 1. The van der Waals surface area contributed by atoms with E-state index in [-0.39, 0.29) is 13.0 Å². The highest BCUT2D eigenvalue weighted by atomic mass is 19.1. The molecule has 0 bridgehead atoms. The van der Waals surface area contributed by atoms with Crippen molar-refractivity contribution in [3.8, 4) is 0 Å². The minimum atomic E-state index is -0.694. The molecule has 0 aromatic rings. The van der Waals surface area contributed by atoms with Crippen LogP contribution in [0.5, 0.6) is 0 Å². The van der Waals surface area contributed by atoms with E-state index in [2.05, 4.69) is 34.4 Å². The third-order valence-corrected chi connectivity index (χ3v) is 7.91. The molecule has 6 nitrogen and oxygen atoms in total. The molecule has 2 N–H and O–H groups in total. The first kappa shape index (κ1) is 30.3. The highest BCUT2D eigenvalue weighted by Gasteiger charge is 2.38. The zero-order valence-corrected chi connectivity index (χ0v) is 23.3. The largest absolute Gasteiger partial charge is 0.481 e. The van der Waals surface area contributed by atoms with E-state index in [9.17, 15) is 13.6 Å². The number of allylic oxidation sites excluding steroid dienone is 7. The van der Waals surface area contributed by atoms with Crippen LogP contribution in [0.25, 0.3) is 0 Å². The van der Waals surface area contributed by atoms with Crippen LogP contribution in [0.2, 0.25) is 0 Å². The maximum atomic E-state index is 13.4. The number of amidine groups is 1. The van der Waals surface area contributed by atoms with Gasteiger partial charge < -0.3 is 15.3 Å². The Hall–Kier alpha value is -3.29. The molecule has 1 saturated heterocycles. The summed E-state index contributed by atoms with van der Waals surface area (Å²) in [5.74, 6) is 0.232. The smallest absolute Gasteiger partial charge is 0.303 e. The number of carboxylic acids is 1. The highest BCUT2D eigenvalue weighted by Crippen LogP contribution is 2.47. The molecule has 8 heteroatoms. The van der Waals surface area contributed by atoms with Gasteiger partial charge in [0.2, 0.25) is 0 Å². The Balaban J connectivity index is 1.62. The number of aliphatic imine (C=N–C) groups is 2. The van der Waals surface area contributed by atoms with Crippen LogP contribution in [0.3, 0.4) is 0 Å². The number of carboxylic acid groups (broad SMARTS) is 1. The lowest BCUT2D eigenvalue weighted by Gasteiger charge is -2.46. The fraction of sp³-hybridized carbons (Fsp3) is 0.516. The van der Waals surface area contributed by atoms with Crippen molar-refractivity contribution in [3.63, 3.8) is 0 Å². The molecular weight excluding hydrogens is 498 g/mol. The summed E-state index contributed by atoms with van der Waals surface area (Å²) in [4.78, 5) is 22.7. The average Bonchev–Trinajstić information content (AvgIpc) is 3.12. The predicted molar refractivity (Wildman–Crippen MR) is 155 cm³/mol. The normalized spacial score (nSPS) is 20.8. The summed E-state index contributed by atoms with van der Waals surface area (Å²) in [6, 6.07) is 0. The molecule has 0 aromatic heterocycles. The fourth-order valence-corrected chi connectivity index (χ4v) is 5.69. The Morgan fingerprint density at radius 1 is 1.15 bits per heavy atom. The maximum absolute atomic E-state index is 13.4. The predicted octanol–water partition coefficient (Wildman–Crippen LogP) is 7.17. The van der Waals surface area contributed by atoms with Crippen molar-refractivity contribution in [2.75, 3.05) is 19.6 Å². The van der Waals surface area contributed by atoms with Gasteiger partial charge in [-0.1, -0.05) is 19.2 Å². The van der Waals surface area contributed by atoms with Gasteiger partial charge in [0.1, 0.15) is 23.3 Å². The number of halogens is 2. The van der Waals surface area contributed by atoms with Gasteiger partial charge in [-0.05, 0) is 100 Å². The second kappa shape index (κ2) is 14.2. The molecule has 2 heterocycles. The van der Waals surface area contributed by atoms with Crippen LogP contribution in [0.1, 0.15) is 71.6 Å². The van der Waals surface area contributed by atoms with Crippen LogP contribution in [-0.4, -0.2) is 47.7 Å². The van der Waals surface area contributed by atoms with Gasteiger partial charge in [0.25, 0.3) is 0 Å². The van der Waals surface area contributed by atoms with E-state index in [1.807, 2.05) is 6.08 Å². The van der Waals surface area contributed by atoms with Crippen molar-refractivity contribution >= 4 is 18.0 Å². The van der Waals surface area contributed by atoms with Crippen molar-refractivity contribution in [1.82, 2.24) is 10.2 Å². The van der Waals surface area contributed by atoms with Crippen LogP contribution >= 0.6 is 0 Å². The fourth-order valence-electron chi connectivity index (χ4n) is 5.69. The Morgan fingerprint density at radius 3 is 2.44 bits per heavy atom. The number of likely N-dealkylation sites (tertiary alicyclic amines) is 1. The van der Waals surface area contributed by atoms with Gasteiger partial charge in [0.05, 0.1) is 6.54 Å². The SMILES string of the molecule is C=C(F)/C=C(\C)CN=C(N/C(C)=C/C(=C)F)C1=CCC=C(N2CCC3(CCC(CCC(=O)O)CC3)CC2)N=C1. The molecule has 1 saturated carbocycles. The molecule has 2 fully saturated rings. The van der Waals surface area contributed by atoms with Crippen LogP contribution in [-0.2, 0) is 4.79 Å². The molecule has 3 rings (SSSR count). The lowest BCUT2D eigenvalue weighted by atomic mass is 9.65. The summed E-state index contributed by atoms with van der Waals surface area (Å²) < 4.78 is 26.5. The third kappa shape index (κ3) is 9.75. The van der Waals surface area contributed by atoms with E-state index >= 15 is 0 Å². The zero-order chi connectivity index (χ0) is 28.4. The van der Waals surface area contributed by atoms with E-state index in [1.54, 1.807) is 20.1 Å². The zero-order valence-electron chi connectivity index (χ0n) is 23.3. The minimum absolute atomic E-state index is 0.256. The number of nitrogens with one attached hydrogen (secondary N) is 1. The van der Waals surface area contributed by atoms with Crippen molar-refractivity contribution < 1.29 is 18.7 Å². The van der Waals surface area contributed by atoms with Gasteiger partial charge in [-0.2, -0.15) is 0 Å². The molecule has 39 heavy (non-hydrogen) atoms. The first-order valence-corrected chi connectivity index (χ1v) is 13.8. The van der Waals surface area contributed by atoms with E-state index < -0.39 is 17.6 Å². The number of hydrogen-bond acceptors (Lipinski definition) is 4. The molecule has 0 aromatic carbocycles. The van der Waals surface area contributed by atoms with E-state index in [1.165, 1.54) is 25.0 Å². The first-order valence-electron chi connectivity index (χ1n) is 13.8. The Bertz CT molecular complexity index is 1110. The van der Waals surface area contributed by atoms with Crippen LogP contribution in [0.15, 0.2) is 81.8 Å². The summed E-state index contributed by atoms with van der Waals surface area (Å²) in [5, 5.41) is 12.1. The number of piperidine rings is 1. The molecule has 0 atom stereocenters. The van der Waals surface area contributed by atoms with Gasteiger partial charge >= 0.3 is 5.97 Å². The van der Waals surface area contributed by atoms with Gasteiger partial charge in [-0.15, -0.1) is 0 Å². The topological polar surface area (TPSA) is 77.3 Å². The van der Waals surface area contributed by atoms with E-state index in [0.717, 1.165) is 56.6 Å². The highest BCUT2D eigenvalue weighted by molar-refractivity contribution is 6.15. The second-order valence-corrected chi connectivity index (χ2v) is 11.1. The molecule has 0 radical (unpaired) electrons. The van der Waals surface area contributed by atoms with Gasteiger partial charge in [0.15, 0.2) is 0 Å². The lowest BCUT2D eigenvalue weighted by Crippen LogP contribution is -2.41. The number of hydrogen-bond donors (Lipinski definition) is 2. The van der Waals surface area contributed by atoms with Crippen molar-refractivity contribution in [2.45, 2.75) is 71.6 Å². The van der Waals surface area contributed by atoms with Gasteiger partial charge in [-0.25, -0.2) is 13.8 Å². The van der Waals surface area contributed by atoms with Gasteiger partial charge in [0, 0.05) is 37.0 Å². The summed E-state index contributed by atoms with van der Waals surface area (Å²) in [5.41, 5.74) is 2.40. The maximum Gasteiger partial charge on any atom is 0.303 e. The third-order valence-electron chi connectivity index (χ3n) is 7.91. The summed E-state index contributed by atoms with van der Waals surface area (Å²) in [6.45, 7) is 12.2. The molecule has 1 aliphatic carbocycles. The quantitative estimate of drug-likeness (QED) is 0.175. The standard InChI is InChI=1S/C31H42F2N4O2/c1-22(18-23(2)32)20-35-30(36-25(4)19-24(3)33)27-6-5-7-28(34-21-27)37-16-14-31(15-17-37)12-10-26(11-13-31)8-9-29(38)39/h6-7,18-19,21,26H,2-3,5,8-17,20H2,1,4H3,(H,35,36)(H,38,39)/b22-18+,25-19+. The number of rotatable bonds is 10. The van der Waals surface area contributed by atoms with E-state index in [0.29, 0.717) is 34.9 Å². The summed E-state index contributed by atoms with van der Waals surface area (Å²) in [7, 11) is 0. The number of carbonyl (C=O) groups is 1. The molecule has 3 aliphatic rings. The van der Waals surface area contributed by atoms with E-state index in [4.69, 9.17) is 10.1 Å². The van der Waals surface area contributed by atoms with Gasteiger partial charge in [-0.3, -0.25) is 9.79 Å². The van der Waals surface area contributed by atoms with Crippen molar-refractivity contribution in [2.24, 2.45) is 21.3 Å². The Labute approximate surface area is 231 Å². The monoisotopic (exact) mass is 540 g/mol. The van der Waals surface area contributed by atoms with Crippen LogP contribution in [0, 0.1) is 11.3 Å². The average molecular weight is 541 g/mol. The minimum Gasteiger partial charge on any atom is -0.481 e. The van der Waals surface area contributed by atoms with Crippen LogP contribution < -0.4 is 5.32 Å². The molecular formula is C31H42F2N4O2. The lowest BCUT2D eigenvalue weighted by molar-refractivity contribution is -0.137. The van der Waals surface area contributed by atoms with Crippen molar-refractivity contribution in [3.05, 3.63) is 71.8 Å². The summed E-state index contributed by atoms with van der Waals surface area (Å²) >= 11 is 0. The molecule has 1 spiro atoms. The first-order chi connectivity index (χ1) is 18.5.